The summed E-state index contributed by atoms with van der Waals surface area (Å²) in [6.07, 6.45) is 0.623. The molecule has 2 aromatic carbocycles. The normalized spacial score (nSPS) is 13.0. The number of anilines is 1. The van der Waals surface area contributed by atoms with Gasteiger partial charge in [-0.1, -0.05) is 0 Å². The molecule has 26 heavy (non-hydrogen) atoms. The first-order valence-corrected chi connectivity index (χ1v) is 8.16. The van der Waals surface area contributed by atoms with E-state index in [1.54, 1.807) is 18.1 Å². The van der Waals surface area contributed by atoms with E-state index in [2.05, 4.69) is 0 Å². The van der Waals surface area contributed by atoms with Crippen LogP contribution in [0.5, 0.6) is 17.2 Å². The van der Waals surface area contributed by atoms with Gasteiger partial charge < -0.3 is 24.2 Å². The molecule has 1 aliphatic heterocycles. The second-order valence-corrected chi connectivity index (χ2v) is 5.70. The Morgan fingerprint density at radius 1 is 1.19 bits per heavy atom. The van der Waals surface area contributed by atoms with Crippen molar-refractivity contribution in [2.45, 2.75) is 6.42 Å². The van der Waals surface area contributed by atoms with Gasteiger partial charge in [-0.2, -0.15) is 0 Å². The van der Waals surface area contributed by atoms with Crippen LogP contribution in [0, 0.1) is 0 Å². The Morgan fingerprint density at radius 2 is 1.92 bits per heavy atom. The predicted molar refractivity (Wildman–Crippen MR) is 94.4 cm³/mol. The summed E-state index contributed by atoms with van der Waals surface area (Å²) in [5.74, 6) is 0.692. The zero-order valence-electron chi connectivity index (χ0n) is 14.3. The number of carboxylic acids is 1. The van der Waals surface area contributed by atoms with E-state index in [1.165, 1.54) is 12.1 Å². The van der Waals surface area contributed by atoms with Gasteiger partial charge in [-0.3, -0.25) is 4.79 Å². The zero-order chi connectivity index (χ0) is 18.5. The molecule has 0 aliphatic carbocycles. The molecule has 0 saturated heterocycles. The molecule has 1 amide bonds. The van der Waals surface area contributed by atoms with E-state index in [0.717, 1.165) is 11.5 Å². The lowest BCUT2D eigenvalue weighted by atomic mass is 10.1. The monoisotopic (exact) mass is 357 g/mol. The van der Waals surface area contributed by atoms with E-state index in [4.69, 9.17) is 19.3 Å². The second-order valence-electron chi connectivity index (χ2n) is 5.70. The topological polar surface area (TPSA) is 85.3 Å². The van der Waals surface area contributed by atoms with Gasteiger partial charge in [-0.05, 0) is 48.9 Å². The Bertz CT molecular complexity index is 802. The number of carbonyl (C=O) groups is 2. The van der Waals surface area contributed by atoms with Gasteiger partial charge in [0.15, 0.2) is 6.61 Å². The van der Waals surface area contributed by atoms with Crippen LogP contribution in [0.3, 0.4) is 0 Å². The molecule has 0 fully saturated rings. The molecule has 1 aliphatic rings. The summed E-state index contributed by atoms with van der Waals surface area (Å²) < 4.78 is 16.1. The van der Waals surface area contributed by atoms with Crippen LogP contribution < -0.4 is 19.1 Å². The molecule has 1 N–H and O–H groups in total. The predicted octanol–water partition coefficient (Wildman–Crippen LogP) is 2.59. The molecule has 1 heterocycles. The first kappa shape index (κ1) is 17.6. The smallest absolute Gasteiger partial charge is 0.335 e. The number of rotatable bonds is 7. The van der Waals surface area contributed by atoms with E-state index >= 15 is 0 Å². The van der Waals surface area contributed by atoms with Crippen molar-refractivity contribution in [1.82, 2.24) is 0 Å². The summed E-state index contributed by atoms with van der Waals surface area (Å²) in [6.45, 7) is 0.798. The number of benzene rings is 2. The summed E-state index contributed by atoms with van der Waals surface area (Å²) in [5.41, 5.74) is 0.705. The van der Waals surface area contributed by atoms with Gasteiger partial charge in [-0.25, -0.2) is 4.79 Å². The fourth-order valence-corrected chi connectivity index (χ4v) is 2.67. The number of ether oxygens (including phenoxy) is 3. The molecule has 2 aromatic rings. The molecule has 0 unspecified atom stereocenters. The minimum Gasteiger partial charge on any atom is -0.497 e. The first-order valence-electron chi connectivity index (χ1n) is 8.16. The first-order chi connectivity index (χ1) is 12.6. The maximum atomic E-state index is 12.1. The fraction of sp³-hybridized carbons (Fsp3) is 0.263. The molecule has 136 valence electrons. The summed E-state index contributed by atoms with van der Waals surface area (Å²) in [6, 6.07) is 11.8. The molecule has 0 aromatic heterocycles. The molecule has 0 spiro atoms. The standard InChI is InChI=1S/C19H19NO6/c1-24-14-4-6-15(7-5-14)25-10-2-9-20-16-8-3-13(19(22)23)11-17(16)26-12-18(20)21/h3-8,11H,2,9-10,12H2,1H3,(H,22,23). The lowest BCUT2D eigenvalue weighted by Crippen LogP contribution is -2.39. The van der Waals surface area contributed by atoms with Gasteiger partial charge in [0.2, 0.25) is 0 Å². The number of carboxylic acid groups (broad SMARTS) is 1. The van der Waals surface area contributed by atoms with Crippen molar-refractivity contribution >= 4 is 17.6 Å². The Morgan fingerprint density at radius 3 is 2.62 bits per heavy atom. The third kappa shape index (κ3) is 3.88. The average molecular weight is 357 g/mol. The number of nitrogens with zero attached hydrogens (tertiary/aromatic N) is 1. The number of amides is 1. The molecule has 0 atom stereocenters. The van der Waals surface area contributed by atoms with E-state index in [9.17, 15) is 9.59 Å². The number of methoxy groups -OCH3 is 1. The number of hydrogen-bond acceptors (Lipinski definition) is 5. The highest BCUT2D eigenvalue weighted by atomic mass is 16.5. The molecule has 0 bridgehead atoms. The summed E-state index contributed by atoms with van der Waals surface area (Å²) in [5, 5.41) is 9.06. The van der Waals surface area contributed by atoms with Gasteiger partial charge in [0.05, 0.1) is 25.0 Å². The van der Waals surface area contributed by atoms with Gasteiger partial charge >= 0.3 is 5.97 Å². The molecule has 7 nitrogen and oxygen atoms in total. The second kappa shape index (κ2) is 7.77. The third-order valence-electron chi connectivity index (χ3n) is 4.00. The van der Waals surface area contributed by atoms with Crippen molar-refractivity contribution in [2.75, 3.05) is 31.8 Å². The number of hydrogen-bond donors (Lipinski definition) is 1. The van der Waals surface area contributed by atoms with Crippen LogP contribution in [0.4, 0.5) is 5.69 Å². The summed E-state index contributed by atoms with van der Waals surface area (Å²) in [7, 11) is 1.60. The van der Waals surface area contributed by atoms with Crippen molar-refractivity contribution in [3.63, 3.8) is 0 Å². The molecule has 0 saturated carbocycles. The average Bonchev–Trinajstić information content (AvgIpc) is 2.66. The molecular weight excluding hydrogens is 338 g/mol. The maximum Gasteiger partial charge on any atom is 0.335 e. The summed E-state index contributed by atoms with van der Waals surface area (Å²) >= 11 is 0. The van der Waals surface area contributed by atoms with Crippen LogP contribution in [-0.2, 0) is 4.79 Å². The van der Waals surface area contributed by atoms with Crippen molar-refractivity contribution in [1.29, 1.82) is 0 Å². The maximum absolute atomic E-state index is 12.1. The van der Waals surface area contributed by atoms with Crippen LogP contribution in [0.25, 0.3) is 0 Å². The summed E-state index contributed by atoms with van der Waals surface area (Å²) in [4.78, 5) is 24.8. The van der Waals surface area contributed by atoms with Crippen molar-refractivity contribution < 1.29 is 28.9 Å². The van der Waals surface area contributed by atoms with Crippen LogP contribution in [-0.4, -0.2) is 43.9 Å². The Balaban J connectivity index is 1.59. The van der Waals surface area contributed by atoms with Crippen molar-refractivity contribution in [3.05, 3.63) is 48.0 Å². The van der Waals surface area contributed by atoms with Crippen LogP contribution in [0.15, 0.2) is 42.5 Å². The van der Waals surface area contributed by atoms with Crippen LogP contribution >= 0.6 is 0 Å². The Hall–Kier alpha value is -3.22. The largest absolute Gasteiger partial charge is 0.497 e. The highest BCUT2D eigenvalue weighted by Gasteiger charge is 2.26. The van der Waals surface area contributed by atoms with E-state index in [-0.39, 0.29) is 18.1 Å². The van der Waals surface area contributed by atoms with Crippen molar-refractivity contribution in [2.24, 2.45) is 0 Å². The van der Waals surface area contributed by atoms with E-state index in [0.29, 0.717) is 31.0 Å². The third-order valence-corrected chi connectivity index (χ3v) is 4.00. The Kier molecular flexibility index (Phi) is 5.26. The number of carbonyl (C=O) groups excluding carboxylic acids is 1. The van der Waals surface area contributed by atoms with Crippen LogP contribution in [0.1, 0.15) is 16.8 Å². The molecular formula is C19H19NO6. The molecule has 3 rings (SSSR count). The minimum absolute atomic E-state index is 0.102. The Labute approximate surface area is 150 Å². The van der Waals surface area contributed by atoms with E-state index in [1.807, 2.05) is 24.3 Å². The van der Waals surface area contributed by atoms with E-state index < -0.39 is 5.97 Å². The fourth-order valence-electron chi connectivity index (χ4n) is 2.67. The highest BCUT2D eigenvalue weighted by molar-refractivity contribution is 5.99. The van der Waals surface area contributed by atoms with Gasteiger partial charge in [0.25, 0.3) is 5.91 Å². The van der Waals surface area contributed by atoms with Gasteiger partial charge in [-0.15, -0.1) is 0 Å². The molecule has 7 heteroatoms. The molecule has 0 radical (unpaired) electrons. The highest BCUT2D eigenvalue weighted by Crippen LogP contribution is 2.33. The lowest BCUT2D eigenvalue weighted by molar-refractivity contribution is -0.121. The lowest BCUT2D eigenvalue weighted by Gasteiger charge is -2.29. The minimum atomic E-state index is -1.03. The SMILES string of the molecule is COc1ccc(OCCCN2C(=O)COc3cc(C(=O)O)ccc32)cc1. The number of aromatic carboxylic acids is 1. The number of fused-ring (bicyclic) bond motifs is 1. The zero-order valence-corrected chi connectivity index (χ0v) is 14.3. The quantitative estimate of drug-likeness (QED) is 0.767. The van der Waals surface area contributed by atoms with Gasteiger partial charge in [0.1, 0.15) is 17.2 Å². The van der Waals surface area contributed by atoms with Crippen molar-refractivity contribution in [3.8, 4) is 17.2 Å². The van der Waals surface area contributed by atoms with Gasteiger partial charge in [0, 0.05) is 6.54 Å². The van der Waals surface area contributed by atoms with Crippen LogP contribution in [0.2, 0.25) is 0 Å².